The van der Waals surface area contributed by atoms with Crippen molar-refractivity contribution in [2.75, 3.05) is 13.1 Å². The lowest BCUT2D eigenvalue weighted by molar-refractivity contribution is -0.132. The highest BCUT2D eigenvalue weighted by atomic mass is 16.2. The van der Waals surface area contributed by atoms with Crippen molar-refractivity contribution in [1.82, 2.24) is 19.5 Å². The van der Waals surface area contributed by atoms with Gasteiger partial charge in [0.1, 0.15) is 0 Å². The largest absolute Gasteiger partial charge is 0.341 e. The van der Waals surface area contributed by atoms with Crippen molar-refractivity contribution < 1.29 is 4.79 Å². The molecular formula is C20H25N5O. The summed E-state index contributed by atoms with van der Waals surface area (Å²) in [5, 5.41) is 5.74. The zero-order chi connectivity index (χ0) is 18.3. The number of carbonyl (C=O) groups excluding carboxylic acids is 1. The second kappa shape index (κ2) is 6.68. The summed E-state index contributed by atoms with van der Waals surface area (Å²) in [6.07, 6.45) is 3.18. The van der Waals surface area contributed by atoms with Gasteiger partial charge in [-0.3, -0.25) is 4.79 Å². The number of nitrogens with zero attached hydrogens (tertiary/aromatic N) is 4. The molecule has 1 atom stereocenters. The van der Waals surface area contributed by atoms with E-state index in [2.05, 4.69) is 12.0 Å². The molecule has 2 N–H and O–H groups in total. The van der Waals surface area contributed by atoms with E-state index in [1.54, 1.807) is 0 Å². The first-order valence-electron chi connectivity index (χ1n) is 9.31. The maximum absolute atomic E-state index is 12.6. The number of amides is 1. The van der Waals surface area contributed by atoms with Crippen LogP contribution in [-0.2, 0) is 11.2 Å². The fraction of sp³-hybridized carbons (Fsp3) is 0.450. The van der Waals surface area contributed by atoms with Crippen molar-refractivity contribution in [2.45, 2.75) is 45.6 Å². The van der Waals surface area contributed by atoms with Gasteiger partial charge in [0.2, 0.25) is 5.91 Å². The number of carbonyl (C=O) groups is 1. The standard InChI is InChI=1S/C20H25N5O/c1-13-16(9-10-19(26)24-11-5-6-15(21)12-24)14(2)25-20(22-13)17-7-3-4-8-18(17)23-25/h3-4,7-8,15H,5-6,9-12,21H2,1-2H3. The van der Waals surface area contributed by atoms with Crippen molar-refractivity contribution in [3.63, 3.8) is 0 Å². The zero-order valence-corrected chi connectivity index (χ0v) is 15.4. The maximum Gasteiger partial charge on any atom is 0.222 e. The molecule has 0 spiro atoms. The Labute approximate surface area is 153 Å². The molecule has 2 aromatic heterocycles. The van der Waals surface area contributed by atoms with Crippen LogP contribution in [0, 0.1) is 13.8 Å². The summed E-state index contributed by atoms with van der Waals surface area (Å²) in [7, 11) is 0. The summed E-state index contributed by atoms with van der Waals surface area (Å²) in [6.45, 7) is 5.58. The summed E-state index contributed by atoms with van der Waals surface area (Å²) in [5.74, 6) is 0.185. The molecule has 26 heavy (non-hydrogen) atoms. The number of fused-ring (bicyclic) bond motifs is 3. The summed E-state index contributed by atoms with van der Waals surface area (Å²) in [4.78, 5) is 19.3. The van der Waals surface area contributed by atoms with Gasteiger partial charge in [-0.2, -0.15) is 5.10 Å². The average Bonchev–Trinajstić information content (AvgIpc) is 3.00. The molecule has 1 unspecified atom stereocenters. The van der Waals surface area contributed by atoms with Crippen LogP contribution in [-0.4, -0.2) is 44.5 Å². The van der Waals surface area contributed by atoms with Gasteiger partial charge in [0.25, 0.3) is 0 Å². The molecule has 1 saturated heterocycles. The minimum Gasteiger partial charge on any atom is -0.341 e. The topological polar surface area (TPSA) is 76.5 Å². The normalized spacial score (nSPS) is 18.0. The maximum atomic E-state index is 12.6. The lowest BCUT2D eigenvalue weighted by Gasteiger charge is -2.31. The molecule has 136 valence electrons. The quantitative estimate of drug-likeness (QED) is 0.786. The molecule has 0 saturated carbocycles. The Kier molecular flexibility index (Phi) is 4.36. The molecule has 1 aromatic carbocycles. The molecule has 1 amide bonds. The average molecular weight is 351 g/mol. The molecule has 1 aliphatic heterocycles. The zero-order valence-electron chi connectivity index (χ0n) is 15.4. The van der Waals surface area contributed by atoms with Gasteiger partial charge >= 0.3 is 0 Å². The molecule has 4 rings (SSSR count). The van der Waals surface area contributed by atoms with E-state index in [4.69, 9.17) is 10.7 Å². The van der Waals surface area contributed by atoms with Gasteiger partial charge in [0.05, 0.1) is 5.52 Å². The Morgan fingerprint density at radius 2 is 2.12 bits per heavy atom. The molecule has 6 nitrogen and oxygen atoms in total. The predicted octanol–water partition coefficient (Wildman–Crippen LogP) is 2.38. The second-order valence-corrected chi connectivity index (χ2v) is 7.26. The third-order valence-electron chi connectivity index (χ3n) is 5.42. The van der Waals surface area contributed by atoms with Crippen molar-refractivity contribution in [3.8, 4) is 0 Å². The Hall–Kier alpha value is -2.47. The van der Waals surface area contributed by atoms with Crippen LogP contribution >= 0.6 is 0 Å². The lowest BCUT2D eigenvalue weighted by Crippen LogP contribution is -2.45. The van der Waals surface area contributed by atoms with Crippen LogP contribution in [0.3, 0.4) is 0 Å². The first-order chi connectivity index (χ1) is 12.5. The van der Waals surface area contributed by atoms with E-state index in [9.17, 15) is 4.79 Å². The summed E-state index contributed by atoms with van der Waals surface area (Å²) < 4.78 is 1.91. The van der Waals surface area contributed by atoms with Crippen molar-refractivity contribution in [3.05, 3.63) is 41.2 Å². The number of aromatic nitrogens is 3. The number of likely N-dealkylation sites (tertiary alicyclic amines) is 1. The Morgan fingerprint density at radius 1 is 1.31 bits per heavy atom. The number of benzene rings is 1. The van der Waals surface area contributed by atoms with E-state index >= 15 is 0 Å². The van der Waals surface area contributed by atoms with Gasteiger partial charge in [0, 0.05) is 42.3 Å². The lowest BCUT2D eigenvalue weighted by atomic mass is 10.0. The first-order valence-corrected chi connectivity index (χ1v) is 9.31. The monoisotopic (exact) mass is 351 g/mol. The number of hydrogen-bond acceptors (Lipinski definition) is 4. The van der Waals surface area contributed by atoms with Crippen LogP contribution in [0.25, 0.3) is 16.6 Å². The molecule has 6 heteroatoms. The number of nitrogens with two attached hydrogens (primary N) is 1. The predicted molar refractivity (Wildman–Crippen MR) is 102 cm³/mol. The van der Waals surface area contributed by atoms with Crippen LogP contribution in [0.15, 0.2) is 24.3 Å². The minimum atomic E-state index is 0.116. The minimum absolute atomic E-state index is 0.116. The van der Waals surface area contributed by atoms with Gasteiger partial charge in [-0.15, -0.1) is 0 Å². The second-order valence-electron chi connectivity index (χ2n) is 7.26. The van der Waals surface area contributed by atoms with Crippen molar-refractivity contribution in [1.29, 1.82) is 0 Å². The molecular weight excluding hydrogens is 326 g/mol. The Bertz CT molecular complexity index is 977. The van der Waals surface area contributed by atoms with E-state index < -0.39 is 0 Å². The van der Waals surface area contributed by atoms with Crippen LogP contribution in [0.2, 0.25) is 0 Å². The Balaban J connectivity index is 1.60. The SMILES string of the molecule is Cc1nc2c3ccccc3nn2c(C)c1CCC(=O)N1CCCC(N)C1. The van der Waals surface area contributed by atoms with E-state index in [-0.39, 0.29) is 11.9 Å². The first kappa shape index (κ1) is 17.0. The molecule has 3 heterocycles. The summed E-state index contributed by atoms with van der Waals surface area (Å²) >= 11 is 0. The van der Waals surface area contributed by atoms with Crippen LogP contribution < -0.4 is 5.73 Å². The fourth-order valence-electron chi connectivity index (χ4n) is 3.96. The molecule has 1 aliphatic rings. The van der Waals surface area contributed by atoms with Gasteiger partial charge in [-0.25, -0.2) is 9.50 Å². The molecule has 3 aromatic rings. The smallest absolute Gasteiger partial charge is 0.222 e. The van der Waals surface area contributed by atoms with Crippen LogP contribution in [0.5, 0.6) is 0 Å². The molecule has 0 bridgehead atoms. The Morgan fingerprint density at radius 3 is 2.92 bits per heavy atom. The van der Waals surface area contributed by atoms with Crippen LogP contribution in [0.1, 0.15) is 36.2 Å². The molecule has 1 fully saturated rings. The highest BCUT2D eigenvalue weighted by Crippen LogP contribution is 2.23. The highest BCUT2D eigenvalue weighted by molar-refractivity contribution is 5.92. The van der Waals surface area contributed by atoms with E-state index in [0.717, 1.165) is 52.9 Å². The van der Waals surface area contributed by atoms with E-state index in [1.807, 2.05) is 40.6 Å². The number of hydrogen-bond donors (Lipinski definition) is 1. The van der Waals surface area contributed by atoms with Gasteiger partial charge in [-0.05, 0) is 50.8 Å². The summed E-state index contributed by atoms with van der Waals surface area (Å²) in [5.41, 5.74) is 11.0. The third-order valence-corrected chi connectivity index (χ3v) is 5.42. The number of aryl methyl sites for hydroxylation is 2. The molecule has 0 radical (unpaired) electrons. The molecule has 0 aliphatic carbocycles. The highest BCUT2D eigenvalue weighted by Gasteiger charge is 2.22. The van der Waals surface area contributed by atoms with Crippen molar-refractivity contribution in [2.24, 2.45) is 5.73 Å². The van der Waals surface area contributed by atoms with Crippen LogP contribution in [0.4, 0.5) is 0 Å². The van der Waals surface area contributed by atoms with E-state index in [1.165, 1.54) is 0 Å². The summed E-state index contributed by atoms with van der Waals surface area (Å²) in [6, 6.07) is 8.16. The number of rotatable bonds is 3. The third kappa shape index (κ3) is 2.94. The fourth-order valence-corrected chi connectivity index (χ4v) is 3.96. The van der Waals surface area contributed by atoms with Gasteiger partial charge in [-0.1, -0.05) is 12.1 Å². The van der Waals surface area contributed by atoms with E-state index in [0.29, 0.717) is 19.4 Å². The van der Waals surface area contributed by atoms with Gasteiger partial charge < -0.3 is 10.6 Å². The van der Waals surface area contributed by atoms with Crippen molar-refractivity contribution >= 4 is 22.5 Å². The van der Waals surface area contributed by atoms with Gasteiger partial charge in [0.15, 0.2) is 5.65 Å². The number of piperidine rings is 1.